The SMILES string of the molecule is C[C@@]12CCC([N+](=O)[O-])[C@H]1[C@@H]1CCC3CCCC[C@@H]3[C@H]1CC2. The summed E-state index contributed by atoms with van der Waals surface area (Å²) >= 11 is 0. The molecule has 0 bridgehead atoms. The molecule has 0 aromatic rings. The first-order valence-electron chi connectivity index (χ1n) is 9.24. The highest BCUT2D eigenvalue weighted by molar-refractivity contribution is 5.05. The highest BCUT2D eigenvalue weighted by atomic mass is 16.6. The highest BCUT2D eigenvalue weighted by Gasteiger charge is 2.60. The van der Waals surface area contributed by atoms with Crippen LogP contribution in [0.2, 0.25) is 0 Å². The molecule has 3 heteroatoms. The summed E-state index contributed by atoms with van der Waals surface area (Å²) in [4.78, 5) is 11.6. The minimum Gasteiger partial charge on any atom is -0.264 e. The van der Waals surface area contributed by atoms with Crippen molar-refractivity contribution in [1.29, 1.82) is 0 Å². The molecule has 0 N–H and O–H groups in total. The number of hydrogen-bond donors (Lipinski definition) is 0. The molecule has 4 aliphatic carbocycles. The molecular formula is C18H29NO2. The van der Waals surface area contributed by atoms with E-state index in [4.69, 9.17) is 0 Å². The lowest BCUT2D eigenvalue weighted by molar-refractivity contribution is -0.534. The molecule has 0 heterocycles. The van der Waals surface area contributed by atoms with Crippen LogP contribution in [0.3, 0.4) is 0 Å². The van der Waals surface area contributed by atoms with Gasteiger partial charge in [-0.3, -0.25) is 10.1 Å². The van der Waals surface area contributed by atoms with E-state index in [9.17, 15) is 10.1 Å². The van der Waals surface area contributed by atoms with Gasteiger partial charge in [-0.15, -0.1) is 0 Å². The van der Waals surface area contributed by atoms with Crippen LogP contribution in [-0.4, -0.2) is 11.0 Å². The largest absolute Gasteiger partial charge is 0.264 e. The molecule has 4 saturated carbocycles. The van der Waals surface area contributed by atoms with Gasteiger partial charge in [0.05, 0.1) is 0 Å². The van der Waals surface area contributed by atoms with Crippen molar-refractivity contribution in [2.75, 3.05) is 0 Å². The fourth-order valence-electron chi connectivity index (χ4n) is 7.09. The summed E-state index contributed by atoms with van der Waals surface area (Å²) in [5.41, 5.74) is 0.278. The zero-order valence-electron chi connectivity index (χ0n) is 13.3. The van der Waals surface area contributed by atoms with Gasteiger partial charge in [0, 0.05) is 17.3 Å². The summed E-state index contributed by atoms with van der Waals surface area (Å²) in [6.07, 6.45) is 12.9. The van der Waals surface area contributed by atoms with Gasteiger partial charge in [-0.25, -0.2) is 0 Å². The van der Waals surface area contributed by atoms with Gasteiger partial charge in [-0.05, 0) is 67.6 Å². The van der Waals surface area contributed by atoms with Crippen LogP contribution in [0.5, 0.6) is 0 Å². The maximum atomic E-state index is 11.6. The molecule has 0 aromatic carbocycles. The Hall–Kier alpha value is -0.600. The first kappa shape index (κ1) is 14.0. The predicted molar refractivity (Wildman–Crippen MR) is 82.5 cm³/mol. The highest BCUT2D eigenvalue weighted by Crippen LogP contribution is 2.62. The lowest BCUT2D eigenvalue weighted by Crippen LogP contribution is -2.50. The molecule has 4 aliphatic rings. The second kappa shape index (κ2) is 4.96. The van der Waals surface area contributed by atoms with Crippen LogP contribution < -0.4 is 0 Å². The minimum absolute atomic E-state index is 0.0747. The van der Waals surface area contributed by atoms with Crippen LogP contribution >= 0.6 is 0 Å². The van der Waals surface area contributed by atoms with E-state index in [1.54, 1.807) is 0 Å². The van der Waals surface area contributed by atoms with Gasteiger partial charge < -0.3 is 0 Å². The third-order valence-electron chi connectivity index (χ3n) is 7.95. The van der Waals surface area contributed by atoms with Crippen LogP contribution in [0.4, 0.5) is 0 Å². The number of hydrogen-bond acceptors (Lipinski definition) is 2. The molecule has 0 aliphatic heterocycles. The number of nitro groups is 1. The van der Waals surface area contributed by atoms with Gasteiger partial charge in [0.15, 0.2) is 0 Å². The van der Waals surface area contributed by atoms with Crippen molar-refractivity contribution in [3.05, 3.63) is 10.1 Å². The normalized spacial score (nSPS) is 52.6. The van der Waals surface area contributed by atoms with Crippen molar-refractivity contribution in [3.63, 3.8) is 0 Å². The Labute approximate surface area is 128 Å². The Morgan fingerprint density at radius 1 is 0.905 bits per heavy atom. The van der Waals surface area contributed by atoms with E-state index < -0.39 is 0 Å². The van der Waals surface area contributed by atoms with E-state index >= 15 is 0 Å². The third kappa shape index (κ3) is 2.06. The van der Waals surface area contributed by atoms with Crippen LogP contribution in [0.25, 0.3) is 0 Å². The maximum absolute atomic E-state index is 11.6. The molecular weight excluding hydrogens is 262 g/mol. The van der Waals surface area contributed by atoms with Crippen molar-refractivity contribution in [2.45, 2.75) is 77.2 Å². The first-order chi connectivity index (χ1) is 10.1. The zero-order valence-corrected chi connectivity index (χ0v) is 13.3. The summed E-state index contributed by atoms with van der Waals surface area (Å²) in [6.45, 7) is 2.37. The molecule has 2 unspecified atom stereocenters. The van der Waals surface area contributed by atoms with Crippen molar-refractivity contribution < 1.29 is 4.92 Å². The summed E-state index contributed by atoms with van der Waals surface area (Å²) < 4.78 is 0. The molecule has 4 fully saturated rings. The third-order valence-corrected chi connectivity index (χ3v) is 7.95. The molecule has 0 amide bonds. The predicted octanol–water partition coefficient (Wildman–Crippen LogP) is 4.67. The van der Waals surface area contributed by atoms with Crippen molar-refractivity contribution in [2.24, 2.45) is 35.0 Å². The van der Waals surface area contributed by atoms with E-state index in [0.29, 0.717) is 11.8 Å². The standard InChI is InChI=1S/C18H29NO2/c1-18-10-8-14-13-5-3-2-4-12(13)6-7-15(14)17(18)16(9-11-18)19(20)21/h12-17H,2-11H2,1H3/t12?,13-,14+,15+,16?,17+,18+/m0/s1. The first-order valence-corrected chi connectivity index (χ1v) is 9.24. The molecule has 0 saturated heterocycles. The number of fused-ring (bicyclic) bond motifs is 5. The lowest BCUT2D eigenvalue weighted by Gasteiger charge is -2.54. The Bertz CT molecular complexity index is 437. The van der Waals surface area contributed by atoms with Gasteiger partial charge in [0.2, 0.25) is 6.04 Å². The Morgan fingerprint density at radius 3 is 2.48 bits per heavy atom. The van der Waals surface area contributed by atoms with E-state index in [2.05, 4.69) is 6.92 Å². The molecule has 7 atom stereocenters. The maximum Gasteiger partial charge on any atom is 0.216 e. The monoisotopic (exact) mass is 291 g/mol. The molecule has 0 aromatic heterocycles. The average molecular weight is 291 g/mol. The number of rotatable bonds is 1. The van der Waals surface area contributed by atoms with Gasteiger partial charge in [-0.2, -0.15) is 0 Å². The average Bonchev–Trinajstić information content (AvgIpc) is 2.85. The molecule has 21 heavy (non-hydrogen) atoms. The smallest absolute Gasteiger partial charge is 0.216 e. The van der Waals surface area contributed by atoms with Gasteiger partial charge in [0.25, 0.3) is 0 Å². The van der Waals surface area contributed by atoms with E-state index in [0.717, 1.165) is 30.6 Å². The topological polar surface area (TPSA) is 43.1 Å². The van der Waals surface area contributed by atoms with Crippen molar-refractivity contribution in [1.82, 2.24) is 0 Å². The summed E-state index contributed by atoms with van der Waals surface area (Å²) in [6, 6.07) is -0.233. The Balaban J connectivity index is 1.63. The van der Waals surface area contributed by atoms with E-state index in [-0.39, 0.29) is 16.4 Å². The zero-order chi connectivity index (χ0) is 14.6. The van der Waals surface area contributed by atoms with E-state index in [1.165, 1.54) is 51.4 Å². The fourth-order valence-corrected chi connectivity index (χ4v) is 7.09. The summed E-state index contributed by atoms with van der Waals surface area (Å²) in [5, 5.41) is 11.6. The van der Waals surface area contributed by atoms with Crippen LogP contribution in [0, 0.1) is 45.1 Å². The second-order valence-electron chi connectivity index (χ2n) is 8.72. The van der Waals surface area contributed by atoms with E-state index in [1.807, 2.05) is 0 Å². The Morgan fingerprint density at radius 2 is 1.67 bits per heavy atom. The molecule has 0 radical (unpaired) electrons. The van der Waals surface area contributed by atoms with Crippen molar-refractivity contribution >= 4 is 0 Å². The quantitative estimate of drug-likeness (QED) is 0.520. The van der Waals surface area contributed by atoms with Crippen LogP contribution in [-0.2, 0) is 0 Å². The molecule has 118 valence electrons. The molecule has 4 rings (SSSR count). The van der Waals surface area contributed by atoms with Crippen molar-refractivity contribution in [3.8, 4) is 0 Å². The second-order valence-corrected chi connectivity index (χ2v) is 8.72. The lowest BCUT2D eigenvalue weighted by atomic mass is 9.50. The van der Waals surface area contributed by atoms with Gasteiger partial charge in [0.1, 0.15) is 0 Å². The van der Waals surface area contributed by atoms with Crippen LogP contribution in [0.1, 0.15) is 71.1 Å². The summed E-state index contributed by atoms with van der Waals surface area (Å²) in [5.74, 6) is 3.74. The van der Waals surface area contributed by atoms with Gasteiger partial charge >= 0.3 is 0 Å². The Kier molecular flexibility index (Phi) is 3.31. The van der Waals surface area contributed by atoms with Gasteiger partial charge in [-0.1, -0.05) is 26.2 Å². The minimum atomic E-state index is -0.233. The summed E-state index contributed by atoms with van der Waals surface area (Å²) in [7, 11) is 0. The molecule has 3 nitrogen and oxygen atoms in total. The molecule has 0 spiro atoms. The van der Waals surface area contributed by atoms with Crippen LogP contribution in [0.15, 0.2) is 0 Å². The number of nitrogens with zero attached hydrogens (tertiary/aromatic N) is 1. The fraction of sp³-hybridized carbons (Fsp3) is 1.00.